The molecule has 0 bridgehead atoms. The highest BCUT2D eigenvalue weighted by Gasteiger charge is 2.22. The molecule has 2 heterocycles. The molecule has 0 unspecified atom stereocenters. The molecule has 0 spiro atoms. The van der Waals surface area contributed by atoms with Crippen molar-refractivity contribution in [2.45, 2.75) is 39.7 Å². The van der Waals surface area contributed by atoms with Crippen LogP contribution in [0.3, 0.4) is 0 Å². The van der Waals surface area contributed by atoms with Crippen molar-refractivity contribution >= 4 is 17.0 Å². The smallest absolute Gasteiger partial charge is 0.339 e. The highest BCUT2D eigenvalue weighted by molar-refractivity contribution is 5.83. The zero-order chi connectivity index (χ0) is 15.9. The average Bonchev–Trinajstić information content (AvgIpc) is 2.42. The van der Waals surface area contributed by atoms with Crippen molar-refractivity contribution < 1.29 is 9.15 Å². The zero-order valence-corrected chi connectivity index (χ0v) is 13.4. The standard InChI is InChI=1S/C19H20O3/c1-12(2)5-6-14-10-15-9-13-7-8-19(3,4)22-17(13)11-16(15)21-18(14)20/h5,7-11H,6H2,1-4H3. The van der Waals surface area contributed by atoms with Gasteiger partial charge in [0.25, 0.3) is 0 Å². The maximum atomic E-state index is 12.1. The summed E-state index contributed by atoms with van der Waals surface area (Å²) in [6.45, 7) is 8.02. The quantitative estimate of drug-likeness (QED) is 0.605. The fraction of sp³-hybridized carbons (Fsp3) is 0.316. The van der Waals surface area contributed by atoms with Gasteiger partial charge in [-0.15, -0.1) is 0 Å². The third kappa shape index (κ3) is 2.84. The lowest BCUT2D eigenvalue weighted by Crippen LogP contribution is -2.27. The van der Waals surface area contributed by atoms with Crippen molar-refractivity contribution in [2.24, 2.45) is 0 Å². The van der Waals surface area contributed by atoms with Crippen LogP contribution in [0.25, 0.3) is 17.0 Å². The van der Waals surface area contributed by atoms with E-state index < -0.39 is 0 Å². The first-order valence-corrected chi connectivity index (χ1v) is 7.46. The summed E-state index contributed by atoms with van der Waals surface area (Å²) in [6, 6.07) is 5.72. The Morgan fingerprint density at radius 1 is 1.23 bits per heavy atom. The van der Waals surface area contributed by atoms with Crippen LogP contribution in [-0.2, 0) is 6.42 Å². The molecular formula is C19H20O3. The number of hydrogen-bond donors (Lipinski definition) is 0. The molecule has 3 rings (SSSR count). The van der Waals surface area contributed by atoms with Crippen molar-refractivity contribution in [3.8, 4) is 5.75 Å². The fourth-order valence-corrected chi connectivity index (χ4v) is 2.49. The second-order valence-electron chi connectivity index (χ2n) is 6.51. The van der Waals surface area contributed by atoms with Crippen LogP contribution in [-0.4, -0.2) is 5.60 Å². The van der Waals surface area contributed by atoms with E-state index in [2.05, 4.69) is 6.08 Å². The topological polar surface area (TPSA) is 39.4 Å². The molecule has 0 saturated carbocycles. The second kappa shape index (κ2) is 5.16. The first kappa shape index (κ1) is 14.6. The van der Waals surface area contributed by atoms with Gasteiger partial charge >= 0.3 is 5.63 Å². The summed E-state index contributed by atoms with van der Waals surface area (Å²) >= 11 is 0. The largest absolute Gasteiger partial charge is 0.483 e. The third-order valence-corrected chi connectivity index (χ3v) is 3.70. The Kier molecular flexibility index (Phi) is 3.44. The summed E-state index contributed by atoms with van der Waals surface area (Å²) in [4.78, 5) is 12.1. The number of ether oxygens (including phenoxy) is 1. The van der Waals surface area contributed by atoms with Crippen LogP contribution >= 0.6 is 0 Å². The fourth-order valence-electron chi connectivity index (χ4n) is 2.49. The summed E-state index contributed by atoms with van der Waals surface area (Å²) in [6.07, 6.45) is 6.71. The summed E-state index contributed by atoms with van der Waals surface area (Å²) < 4.78 is 11.4. The first-order valence-electron chi connectivity index (χ1n) is 7.46. The maximum Gasteiger partial charge on any atom is 0.339 e. The van der Waals surface area contributed by atoms with Gasteiger partial charge in [0.05, 0.1) is 0 Å². The molecule has 0 atom stereocenters. The molecule has 1 aliphatic heterocycles. The van der Waals surface area contributed by atoms with Crippen LogP contribution in [0.4, 0.5) is 0 Å². The van der Waals surface area contributed by atoms with Gasteiger partial charge in [-0.1, -0.05) is 17.7 Å². The van der Waals surface area contributed by atoms with Crippen molar-refractivity contribution in [3.05, 3.63) is 57.5 Å². The minimum Gasteiger partial charge on any atom is -0.483 e. The number of hydrogen-bond acceptors (Lipinski definition) is 3. The molecule has 3 nitrogen and oxygen atoms in total. The van der Waals surface area contributed by atoms with E-state index in [1.807, 2.05) is 58.0 Å². The predicted molar refractivity (Wildman–Crippen MR) is 89.4 cm³/mol. The van der Waals surface area contributed by atoms with E-state index >= 15 is 0 Å². The molecule has 0 amide bonds. The molecule has 0 N–H and O–H groups in total. The van der Waals surface area contributed by atoms with Crippen molar-refractivity contribution in [2.75, 3.05) is 0 Å². The van der Waals surface area contributed by atoms with Gasteiger partial charge in [-0.25, -0.2) is 4.79 Å². The Morgan fingerprint density at radius 3 is 2.73 bits per heavy atom. The first-order chi connectivity index (χ1) is 10.3. The Labute approximate surface area is 129 Å². The maximum absolute atomic E-state index is 12.1. The lowest BCUT2D eigenvalue weighted by molar-refractivity contribution is 0.159. The molecule has 114 valence electrons. The number of rotatable bonds is 2. The molecule has 0 fully saturated rings. The van der Waals surface area contributed by atoms with Crippen LogP contribution < -0.4 is 10.4 Å². The number of fused-ring (bicyclic) bond motifs is 2. The van der Waals surface area contributed by atoms with Crippen molar-refractivity contribution in [3.63, 3.8) is 0 Å². The predicted octanol–water partition coefficient (Wildman–Crippen LogP) is 4.49. The highest BCUT2D eigenvalue weighted by atomic mass is 16.5. The summed E-state index contributed by atoms with van der Waals surface area (Å²) in [7, 11) is 0. The molecule has 0 aliphatic carbocycles. The zero-order valence-electron chi connectivity index (χ0n) is 13.4. The SMILES string of the molecule is CC(C)=CCc1cc2cc3c(cc2oc1=O)OC(C)(C)C=C3. The normalized spacial score (nSPS) is 15.3. The highest BCUT2D eigenvalue weighted by Crippen LogP contribution is 2.34. The molecule has 1 aromatic heterocycles. The number of benzene rings is 1. The van der Waals surface area contributed by atoms with Crippen molar-refractivity contribution in [1.29, 1.82) is 0 Å². The van der Waals surface area contributed by atoms with Crippen LogP contribution in [0.5, 0.6) is 5.75 Å². The van der Waals surface area contributed by atoms with Gasteiger partial charge < -0.3 is 9.15 Å². The molecule has 0 radical (unpaired) electrons. The molecular weight excluding hydrogens is 276 g/mol. The summed E-state index contributed by atoms with van der Waals surface area (Å²) in [5.74, 6) is 0.750. The van der Waals surface area contributed by atoms with Crippen molar-refractivity contribution in [1.82, 2.24) is 0 Å². The lowest BCUT2D eigenvalue weighted by atomic mass is 10.0. The van der Waals surface area contributed by atoms with Gasteiger partial charge in [-0.3, -0.25) is 0 Å². The third-order valence-electron chi connectivity index (χ3n) is 3.70. The van der Waals surface area contributed by atoms with Crippen LogP contribution in [0.1, 0.15) is 38.8 Å². The van der Waals surface area contributed by atoms with Crippen LogP contribution in [0, 0.1) is 0 Å². The average molecular weight is 296 g/mol. The lowest BCUT2D eigenvalue weighted by Gasteiger charge is -2.27. The van der Waals surface area contributed by atoms with E-state index in [1.165, 1.54) is 5.57 Å². The molecule has 3 heteroatoms. The van der Waals surface area contributed by atoms with Crippen LogP contribution in [0.15, 0.2) is 45.1 Å². The summed E-state index contributed by atoms with van der Waals surface area (Å²) in [5, 5.41) is 0.920. The van der Waals surface area contributed by atoms with Gasteiger partial charge in [0.15, 0.2) is 0 Å². The Bertz CT molecular complexity index is 847. The summed E-state index contributed by atoms with van der Waals surface area (Å²) in [5.41, 5.74) is 2.81. The second-order valence-corrected chi connectivity index (χ2v) is 6.51. The Morgan fingerprint density at radius 2 is 2.00 bits per heavy atom. The molecule has 1 aromatic carbocycles. The van der Waals surface area contributed by atoms with Gasteiger partial charge in [-0.05, 0) is 52.3 Å². The molecule has 2 aromatic rings. The Hall–Kier alpha value is -2.29. The van der Waals surface area contributed by atoms with Gasteiger partial charge in [0, 0.05) is 22.6 Å². The minimum absolute atomic E-state index is 0.282. The minimum atomic E-state index is -0.343. The van der Waals surface area contributed by atoms with Crippen LogP contribution in [0.2, 0.25) is 0 Å². The van der Waals surface area contributed by atoms with Gasteiger partial charge in [0.1, 0.15) is 16.9 Å². The monoisotopic (exact) mass is 296 g/mol. The van der Waals surface area contributed by atoms with Gasteiger partial charge in [-0.2, -0.15) is 0 Å². The molecule has 0 saturated heterocycles. The molecule has 22 heavy (non-hydrogen) atoms. The Balaban J connectivity index is 2.11. The van der Waals surface area contributed by atoms with E-state index in [0.717, 1.165) is 16.7 Å². The van der Waals surface area contributed by atoms with Gasteiger partial charge in [0.2, 0.25) is 0 Å². The van der Waals surface area contributed by atoms with E-state index in [4.69, 9.17) is 9.15 Å². The molecule has 1 aliphatic rings. The van der Waals surface area contributed by atoms with E-state index in [9.17, 15) is 4.79 Å². The number of allylic oxidation sites excluding steroid dienone is 2. The van der Waals surface area contributed by atoms with E-state index in [-0.39, 0.29) is 11.2 Å². The van der Waals surface area contributed by atoms with E-state index in [1.54, 1.807) is 0 Å². The van der Waals surface area contributed by atoms with E-state index in [0.29, 0.717) is 17.6 Å².